The third-order valence-electron chi connectivity index (χ3n) is 3.72. The molecule has 1 fully saturated rings. The van der Waals surface area contributed by atoms with Gasteiger partial charge in [-0.2, -0.15) is 0 Å². The average molecular weight is 370 g/mol. The van der Waals surface area contributed by atoms with Crippen molar-refractivity contribution in [2.75, 3.05) is 19.0 Å². The van der Waals surface area contributed by atoms with E-state index in [1.807, 2.05) is 0 Å². The van der Waals surface area contributed by atoms with Gasteiger partial charge in [-0.3, -0.25) is 9.59 Å². The molecule has 8 heteroatoms. The highest BCUT2D eigenvalue weighted by Gasteiger charge is 2.29. The van der Waals surface area contributed by atoms with E-state index in [9.17, 15) is 9.59 Å². The van der Waals surface area contributed by atoms with E-state index in [1.54, 1.807) is 25.4 Å². The van der Waals surface area contributed by atoms with Crippen molar-refractivity contribution >= 4 is 29.0 Å². The monoisotopic (exact) mass is 370 g/mol. The molecule has 2 amide bonds. The minimum Gasteiger partial charge on any atom is -0.475 e. The molecular formula is C18H18N4O3S. The fraction of sp³-hybridized carbons (Fsp3) is 0.333. The number of hydrogen-bond acceptors (Lipinski definition) is 6. The van der Waals surface area contributed by atoms with E-state index in [-0.39, 0.29) is 30.2 Å². The second-order valence-corrected chi connectivity index (χ2v) is 6.73. The Bertz CT molecular complexity index is 868. The lowest BCUT2D eigenvalue weighted by Crippen LogP contribution is -2.17. The lowest BCUT2D eigenvalue weighted by Gasteiger charge is -2.04. The van der Waals surface area contributed by atoms with Gasteiger partial charge >= 0.3 is 0 Å². The summed E-state index contributed by atoms with van der Waals surface area (Å²) in [5, 5.41) is 5.98. The molecule has 0 spiro atoms. The molecular weight excluding hydrogens is 352 g/mol. The number of thiazole rings is 1. The van der Waals surface area contributed by atoms with E-state index in [1.165, 1.54) is 11.3 Å². The summed E-state index contributed by atoms with van der Waals surface area (Å²) in [6.45, 7) is 0.280. The van der Waals surface area contributed by atoms with Crippen molar-refractivity contribution in [2.45, 2.75) is 19.3 Å². The maximum atomic E-state index is 12.1. The Kier molecular flexibility index (Phi) is 5.49. The van der Waals surface area contributed by atoms with Crippen molar-refractivity contribution < 1.29 is 14.3 Å². The van der Waals surface area contributed by atoms with Crippen LogP contribution in [-0.2, 0) is 4.79 Å². The summed E-state index contributed by atoms with van der Waals surface area (Å²) in [7, 11) is 1.55. The largest absolute Gasteiger partial charge is 0.475 e. The zero-order chi connectivity index (χ0) is 18.5. The summed E-state index contributed by atoms with van der Waals surface area (Å²) in [5.74, 6) is 3.00. The second-order valence-electron chi connectivity index (χ2n) is 5.73. The summed E-state index contributed by atoms with van der Waals surface area (Å²) < 4.78 is 5.55. The number of carbonyl (C=O) groups excluding carboxylic acids is 2. The minimum absolute atomic E-state index is 0.0156. The zero-order valence-corrected chi connectivity index (χ0v) is 15.1. The summed E-state index contributed by atoms with van der Waals surface area (Å²) in [4.78, 5) is 32.9. The number of aromatic nitrogens is 2. The second kappa shape index (κ2) is 7.97. The van der Waals surface area contributed by atoms with E-state index in [0.29, 0.717) is 22.1 Å². The normalized spacial score (nSPS) is 12.9. The van der Waals surface area contributed by atoms with Crippen LogP contribution in [0.1, 0.15) is 28.9 Å². The first-order valence-corrected chi connectivity index (χ1v) is 9.00. The molecule has 26 heavy (non-hydrogen) atoms. The summed E-state index contributed by atoms with van der Waals surface area (Å²) in [6, 6.07) is 3.50. The molecule has 7 nitrogen and oxygen atoms in total. The van der Waals surface area contributed by atoms with E-state index in [4.69, 9.17) is 11.2 Å². The molecule has 0 unspecified atom stereocenters. The summed E-state index contributed by atoms with van der Waals surface area (Å²) in [5.41, 5.74) is 0.744. The Labute approximate surface area is 155 Å². The first-order valence-electron chi connectivity index (χ1n) is 8.19. The van der Waals surface area contributed by atoms with Crippen LogP contribution >= 0.6 is 11.3 Å². The van der Waals surface area contributed by atoms with Gasteiger partial charge in [0.05, 0.1) is 0 Å². The van der Waals surface area contributed by atoms with Gasteiger partial charge in [0.15, 0.2) is 4.88 Å². The number of nitrogens with one attached hydrogen (secondary N) is 2. The lowest BCUT2D eigenvalue weighted by atomic mass is 10.2. The van der Waals surface area contributed by atoms with Gasteiger partial charge in [-0.1, -0.05) is 0 Å². The predicted molar refractivity (Wildman–Crippen MR) is 99.0 cm³/mol. The van der Waals surface area contributed by atoms with Crippen molar-refractivity contribution in [3.8, 4) is 28.8 Å². The van der Waals surface area contributed by atoms with Crippen LogP contribution in [0, 0.1) is 18.3 Å². The Morgan fingerprint density at radius 3 is 2.96 bits per heavy atom. The van der Waals surface area contributed by atoms with Gasteiger partial charge in [0.25, 0.3) is 5.91 Å². The van der Waals surface area contributed by atoms with Gasteiger partial charge in [-0.25, -0.2) is 9.97 Å². The average Bonchev–Trinajstić information content (AvgIpc) is 3.42. The smallest absolute Gasteiger partial charge is 0.266 e. The quantitative estimate of drug-likeness (QED) is 0.576. The molecule has 0 aliphatic heterocycles. The van der Waals surface area contributed by atoms with Crippen molar-refractivity contribution in [3.63, 3.8) is 0 Å². The molecule has 0 aromatic carbocycles. The lowest BCUT2D eigenvalue weighted by molar-refractivity contribution is -0.117. The van der Waals surface area contributed by atoms with Crippen molar-refractivity contribution in [1.29, 1.82) is 0 Å². The first-order chi connectivity index (χ1) is 12.6. The maximum Gasteiger partial charge on any atom is 0.266 e. The van der Waals surface area contributed by atoms with Crippen LogP contribution in [0.15, 0.2) is 18.3 Å². The molecule has 2 aromatic heterocycles. The molecule has 1 aliphatic carbocycles. The summed E-state index contributed by atoms with van der Waals surface area (Å²) >= 11 is 1.21. The molecule has 0 atom stereocenters. The zero-order valence-electron chi connectivity index (χ0n) is 14.2. The van der Waals surface area contributed by atoms with Gasteiger partial charge in [0.2, 0.25) is 11.8 Å². The number of pyridine rings is 1. The Hall–Kier alpha value is -2.92. The molecule has 2 heterocycles. The van der Waals surface area contributed by atoms with Crippen molar-refractivity contribution in [3.05, 3.63) is 23.2 Å². The molecule has 2 N–H and O–H groups in total. The van der Waals surface area contributed by atoms with Crippen LogP contribution in [0.4, 0.5) is 5.82 Å². The van der Waals surface area contributed by atoms with Crippen molar-refractivity contribution in [1.82, 2.24) is 15.3 Å². The number of terminal acetylenes is 1. The van der Waals surface area contributed by atoms with Crippen molar-refractivity contribution in [2.24, 2.45) is 5.92 Å². The Morgan fingerprint density at radius 1 is 1.46 bits per heavy atom. The van der Waals surface area contributed by atoms with Gasteiger partial charge in [-0.05, 0) is 25.0 Å². The Morgan fingerprint density at radius 2 is 2.27 bits per heavy atom. The highest BCUT2D eigenvalue weighted by molar-refractivity contribution is 7.17. The number of ether oxygens (including phenoxy) is 1. The van der Waals surface area contributed by atoms with Crippen LogP contribution in [0.2, 0.25) is 0 Å². The van der Waals surface area contributed by atoms with Gasteiger partial charge < -0.3 is 15.4 Å². The highest BCUT2D eigenvalue weighted by atomic mass is 32.1. The van der Waals surface area contributed by atoms with Crippen LogP contribution in [0.3, 0.4) is 0 Å². The van der Waals surface area contributed by atoms with Crippen LogP contribution in [-0.4, -0.2) is 35.4 Å². The number of anilines is 1. The van der Waals surface area contributed by atoms with Crippen LogP contribution < -0.4 is 15.4 Å². The van der Waals surface area contributed by atoms with Crippen LogP contribution in [0.5, 0.6) is 5.88 Å². The number of nitrogens with zero attached hydrogens (tertiary/aromatic N) is 2. The first kappa shape index (κ1) is 17.9. The van der Waals surface area contributed by atoms with E-state index in [0.717, 1.165) is 18.4 Å². The third kappa shape index (κ3) is 4.18. The number of rotatable bonds is 7. The Balaban J connectivity index is 1.84. The molecule has 0 bridgehead atoms. The number of hydrogen-bond donors (Lipinski definition) is 2. The summed E-state index contributed by atoms with van der Waals surface area (Å²) in [6.07, 6.45) is 9.09. The standard InChI is InChI=1S/C18H18N4O3S/c1-3-4-9-25-17-14(16(24)19-2)26-18(22-17)12-7-8-20-13(10-12)21-15(23)11-5-6-11/h1,7-8,10-11H,4-6,9H2,2H3,(H,19,24)(H,20,21,23). The van der Waals surface area contributed by atoms with E-state index < -0.39 is 0 Å². The minimum atomic E-state index is -0.277. The van der Waals surface area contributed by atoms with Gasteiger partial charge in [0.1, 0.15) is 17.4 Å². The fourth-order valence-corrected chi connectivity index (χ4v) is 3.15. The van der Waals surface area contributed by atoms with Gasteiger partial charge in [-0.15, -0.1) is 23.7 Å². The van der Waals surface area contributed by atoms with E-state index >= 15 is 0 Å². The predicted octanol–water partition coefficient (Wildman–Crippen LogP) is 2.32. The molecule has 0 radical (unpaired) electrons. The molecule has 2 aromatic rings. The third-order valence-corrected chi connectivity index (χ3v) is 4.81. The van der Waals surface area contributed by atoms with E-state index in [2.05, 4.69) is 26.5 Å². The highest BCUT2D eigenvalue weighted by Crippen LogP contribution is 2.34. The molecule has 3 rings (SSSR count). The molecule has 134 valence electrons. The molecule has 1 saturated carbocycles. The van der Waals surface area contributed by atoms with Crippen LogP contribution in [0.25, 0.3) is 10.6 Å². The fourth-order valence-electron chi connectivity index (χ4n) is 2.20. The molecule has 1 aliphatic rings. The number of carbonyl (C=O) groups is 2. The van der Waals surface area contributed by atoms with Gasteiger partial charge in [0, 0.05) is 31.1 Å². The topological polar surface area (TPSA) is 93.2 Å². The maximum absolute atomic E-state index is 12.1. The SMILES string of the molecule is C#CCCOc1nc(-c2ccnc(NC(=O)C3CC3)c2)sc1C(=O)NC. The molecule has 0 saturated heterocycles. The number of amides is 2.